The van der Waals surface area contributed by atoms with Crippen LogP contribution < -0.4 is 5.32 Å². The minimum atomic E-state index is 0.232. The highest BCUT2D eigenvalue weighted by atomic mass is 16.2. The molecule has 92 valence electrons. The average molecular weight is 225 g/mol. The van der Waals surface area contributed by atoms with Crippen molar-refractivity contribution in [3.8, 4) is 0 Å². The minimum Gasteiger partial charge on any atom is -0.327 e. The quantitative estimate of drug-likeness (QED) is 0.765. The van der Waals surface area contributed by atoms with Crippen LogP contribution in [0.2, 0.25) is 0 Å². The van der Waals surface area contributed by atoms with Crippen molar-refractivity contribution >= 4 is 6.03 Å². The predicted molar refractivity (Wildman–Crippen MR) is 64.4 cm³/mol. The van der Waals surface area contributed by atoms with Crippen LogP contribution in [0, 0.1) is 5.92 Å². The van der Waals surface area contributed by atoms with E-state index in [0.29, 0.717) is 5.92 Å². The lowest BCUT2D eigenvalue weighted by molar-refractivity contribution is 0.161. The normalized spacial score (nSPS) is 22.4. The van der Waals surface area contributed by atoms with E-state index in [1.54, 1.807) is 0 Å². The van der Waals surface area contributed by atoms with E-state index in [9.17, 15) is 4.79 Å². The summed E-state index contributed by atoms with van der Waals surface area (Å²) in [5.74, 6) is 0.692. The van der Waals surface area contributed by atoms with Crippen LogP contribution in [0.4, 0.5) is 4.79 Å². The van der Waals surface area contributed by atoms with Gasteiger partial charge < -0.3 is 15.1 Å². The number of hydrogen-bond donors (Lipinski definition) is 1. The van der Waals surface area contributed by atoms with Crippen molar-refractivity contribution in [2.24, 2.45) is 5.92 Å². The van der Waals surface area contributed by atoms with E-state index in [-0.39, 0.29) is 6.03 Å². The fourth-order valence-electron chi connectivity index (χ4n) is 2.68. The van der Waals surface area contributed by atoms with Gasteiger partial charge in [0.2, 0.25) is 0 Å². The first-order valence-electron chi connectivity index (χ1n) is 6.48. The maximum atomic E-state index is 12.1. The smallest absolute Gasteiger partial charge is 0.319 e. The molecule has 4 nitrogen and oxygen atoms in total. The molecule has 4 heteroatoms. The Kier molecular flexibility index (Phi) is 4.04. The Morgan fingerprint density at radius 3 is 2.56 bits per heavy atom. The van der Waals surface area contributed by atoms with Gasteiger partial charge in [0, 0.05) is 26.7 Å². The van der Waals surface area contributed by atoms with Crippen molar-refractivity contribution in [1.82, 2.24) is 15.1 Å². The Morgan fingerprint density at radius 1 is 1.31 bits per heavy atom. The van der Waals surface area contributed by atoms with Crippen molar-refractivity contribution in [3.05, 3.63) is 0 Å². The molecule has 2 saturated heterocycles. The molecule has 2 heterocycles. The molecule has 2 fully saturated rings. The summed E-state index contributed by atoms with van der Waals surface area (Å²) in [5.41, 5.74) is 0. The molecule has 0 aliphatic carbocycles. The zero-order chi connectivity index (χ0) is 11.4. The molecule has 0 saturated carbocycles. The minimum absolute atomic E-state index is 0.232. The second-order valence-electron chi connectivity index (χ2n) is 5.05. The maximum Gasteiger partial charge on any atom is 0.319 e. The summed E-state index contributed by atoms with van der Waals surface area (Å²) in [6.45, 7) is 5.05. The number of carbonyl (C=O) groups is 1. The summed E-state index contributed by atoms with van der Waals surface area (Å²) in [5, 5.41) is 3.36. The summed E-state index contributed by atoms with van der Waals surface area (Å²) in [6.07, 6.45) is 4.76. The lowest BCUT2D eigenvalue weighted by Gasteiger charge is -2.30. The second kappa shape index (κ2) is 5.53. The maximum absolute atomic E-state index is 12.1. The topological polar surface area (TPSA) is 35.6 Å². The number of hydrogen-bond acceptors (Lipinski definition) is 2. The molecule has 2 amide bonds. The molecule has 2 aliphatic rings. The van der Waals surface area contributed by atoms with Crippen LogP contribution in [-0.4, -0.2) is 55.6 Å². The highest BCUT2D eigenvalue weighted by Crippen LogP contribution is 2.15. The molecule has 2 aliphatic heterocycles. The van der Waals surface area contributed by atoms with Gasteiger partial charge in [-0.3, -0.25) is 0 Å². The molecule has 16 heavy (non-hydrogen) atoms. The SMILES string of the molecule is CN(CC1CCNCC1)C(=O)N1CCCC1. The van der Waals surface area contributed by atoms with E-state index < -0.39 is 0 Å². The first-order valence-corrected chi connectivity index (χ1v) is 6.48. The zero-order valence-electron chi connectivity index (χ0n) is 10.2. The third-order valence-corrected chi connectivity index (χ3v) is 3.69. The summed E-state index contributed by atoms with van der Waals surface area (Å²) < 4.78 is 0. The molecule has 0 aromatic rings. The highest BCUT2D eigenvalue weighted by molar-refractivity contribution is 5.74. The molecular weight excluding hydrogens is 202 g/mol. The summed E-state index contributed by atoms with van der Waals surface area (Å²) >= 11 is 0. The fourth-order valence-corrected chi connectivity index (χ4v) is 2.68. The molecule has 0 radical (unpaired) electrons. The van der Waals surface area contributed by atoms with Gasteiger partial charge >= 0.3 is 6.03 Å². The Bertz CT molecular complexity index is 232. The van der Waals surface area contributed by atoms with E-state index in [4.69, 9.17) is 0 Å². The van der Waals surface area contributed by atoms with Crippen LogP contribution >= 0.6 is 0 Å². The van der Waals surface area contributed by atoms with Crippen molar-refractivity contribution in [1.29, 1.82) is 0 Å². The highest BCUT2D eigenvalue weighted by Gasteiger charge is 2.23. The van der Waals surface area contributed by atoms with Gasteiger partial charge in [0.1, 0.15) is 0 Å². The van der Waals surface area contributed by atoms with Crippen LogP contribution in [0.3, 0.4) is 0 Å². The molecule has 0 bridgehead atoms. The van der Waals surface area contributed by atoms with E-state index in [2.05, 4.69) is 5.32 Å². The van der Waals surface area contributed by atoms with Crippen LogP contribution in [-0.2, 0) is 0 Å². The first-order chi connectivity index (χ1) is 7.77. The molecular formula is C12H23N3O. The number of urea groups is 1. The van der Waals surface area contributed by atoms with Gasteiger partial charge in [-0.1, -0.05) is 0 Å². The molecule has 1 N–H and O–H groups in total. The predicted octanol–water partition coefficient (Wildman–Crippen LogP) is 1.13. The largest absolute Gasteiger partial charge is 0.327 e. The third-order valence-electron chi connectivity index (χ3n) is 3.69. The number of piperidine rings is 1. The Hall–Kier alpha value is -0.770. The molecule has 0 aromatic heterocycles. The summed E-state index contributed by atoms with van der Waals surface area (Å²) in [7, 11) is 1.95. The summed E-state index contributed by atoms with van der Waals surface area (Å²) in [4.78, 5) is 16.0. The van der Waals surface area contributed by atoms with Crippen molar-refractivity contribution < 1.29 is 4.79 Å². The van der Waals surface area contributed by atoms with Crippen LogP contribution in [0.25, 0.3) is 0 Å². The third kappa shape index (κ3) is 2.88. The lowest BCUT2D eigenvalue weighted by Crippen LogP contribution is -2.43. The number of likely N-dealkylation sites (tertiary alicyclic amines) is 1. The summed E-state index contributed by atoms with van der Waals surface area (Å²) in [6, 6.07) is 0.232. The fraction of sp³-hybridized carbons (Fsp3) is 0.917. The van der Waals surface area contributed by atoms with Crippen LogP contribution in [0.5, 0.6) is 0 Å². The van der Waals surface area contributed by atoms with Gasteiger partial charge in [0.05, 0.1) is 0 Å². The number of nitrogens with one attached hydrogen (secondary N) is 1. The molecule has 0 spiro atoms. The van der Waals surface area contributed by atoms with Gasteiger partial charge in [0.15, 0.2) is 0 Å². The number of nitrogens with zero attached hydrogens (tertiary/aromatic N) is 2. The Labute approximate surface area is 98.0 Å². The van der Waals surface area contributed by atoms with Crippen molar-refractivity contribution in [2.75, 3.05) is 39.8 Å². The van der Waals surface area contributed by atoms with E-state index in [1.807, 2.05) is 16.8 Å². The number of carbonyl (C=O) groups excluding carboxylic acids is 1. The van der Waals surface area contributed by atoms with Gasteiger partial charge in [0.25, 0.3) is 0 Å². The number of amides is 2. The molecule has 0 atom stereocenters. The van der Waals surface area contributed by atoms with Gasteiger partial charge in [-0.05, 0) is 44.7 Å². The zero-order valence-corrected chi connectivity index (χ0v) is 10.2. The number of rotatable bonds is 2. The van der Waals surface area contributed by atoms with Gasteiger partial charge in [-0.25, -0.2) is 4.79 Å². The van der Waals surface area contributed by atoms with Crippen LogP contribution in [0.15, 0.2) is 0 Å². The van der Waals surface area contributed by atoms with Gasteiger partial charge in [-0.2, -0.15) is 0 Å². The monoisotopic (exact) mass is 225 g/mol. The Morgan fingerprint density at radius 2 is 1.94 bits per heavy atom. The second-order valence-corrected chi connectivity index (χ2v) is 5.05. The average Bonchev–Trinajstić information content (AvgIpc) is 2.83. The molecule has 2 rings (SSSR count). The Balaban J connectivity index is 1.77. The standard InChI is InChI=1S/C12H23N3O/c1-14(10-11-4-6-13-7-5-11)12(16)15-8-2-3-9-15/h11,13H,2-10H2,1H3. The van der Waals surface area contributed by atoms with E-state index >= 15 is 0 Å². The van der Waals surface area contributed by atoms with Crippen molar-refractivity contribution in [3.63, 3.8) is 0 Å². The van der Waals surface area contributed by atoms with Crippen molar-refractivity contribution in [2.45, 2.75) is 25.7 Å². The van der Waals surface area contributed by atoms with Crippen LogP contribution in [0.1, 0.15) is 25.7 Å². The molecule has 0 unspecified atom stereocenters. The molecule has 0 aromatic carbocycles. The lowest BCUT2D eigenvalue weighted by atomic mass is 9.98. The van der Waals surface area contributed by atoms with E-state index in [0.717, 1.165) is 32.7 Å². The van der Waals surface area contributed by atoms with E-state index in [1.165, 1.54) is 25.7 Å². The first kappa shape index (κ1) is 11.7. The van der Waals surface area contributed by atoms with Gasteiger partial charge in [-0.15, -0.1) is 0 Å².